The molecule has 2 aliphatic heterocycles. The second-order valence-electron chi connectivity index (χ2n) is 10.3. The number of likely N-dealkylation sites (tertiary alicyclic amines) is 2. The number of nitrogens with zero attached hydrogens (tertiary/aromatic N) is 2. The van der Waals surface area contributed by atoms with Crippen LogP contribution in [0.1, 0.15) is 54.4 Å². The van der Waals surface area contributed by atoms with Crippen LogP contribution in [0.4, 0.5) is 18.4 Å². The molecule has 0 radical (unpaired) electrons. The maximum atomic E-state index is 13.3. The minimum Gasteiger partial charge on any atom is -0.444 e. The highest BCUT2D eigenvalue weighted by Crippen LogP contribution is 2.23. The summed E-state index contributed by atoms with van der Waals surface area (Å²) in [6, 6.07) is 0. The van der Waals surface area contributed by atoms with E-state index in [9.17, 15) is 18.4 Å². The Morgan fingerprint density at radius 1 is 0.781 bits per heavy atom. The highest BCUT2D eigenvalue weighted by Gasteiger charge is 2.34. The summed E-state index contributed by atoms with van der Waals surface area (Å²) < 4.78 is 36.9. The first-order valence-electron chi connectivity index (χ1n) is 11.1. The van der Waals surface area contributed by atoms with Gasteiger partial charge in [-0.1, -0.05) is 0 Å². The van der Waals surface area contributed by atoms with Crippen molar-refractivity contribution in [2.45, 2.75) is 77.9 Å². The number of amides is 2. The molecule has 0 aromatic carbocycles. The number of rotatable bonds is 2. The molecule has 10 heteroatoms. The lowest BCUT2D eigenvalue weighted by Gasteiger charge is -2.35. The van der Waals surface area contributed by atoms with Gasteiger partial charge in [0, 0.05) is 38.0 Å². The van der Waals surface area contributed by atoms with E-state index >= 15 is 0 Å². The fraction of sp³-hybridized carbons (Fsp3) is 0.909. The van der Waals surface area contributed by atoms with Gasteiger partial charge in [-0.05, 0) is 54.4 Å². The zero-order chi connectivity index (χ0) is 24.7. The Bertz CT molecular complexity index is 556. The molecule has 32 heavy (non-hydrogen) atoms. The van der Waals surface area contributed by atoms with E-state index in [1.165, 1.54) is 9.80 Å². The molecule has 0 aromatic rings. The third-order valence-corrected chi connectivity index (χ3v) is 5.05. The molecule has 2 rings (SSSR count). The van der Waals surface area contributed by atoms with Crippen LogP contribution in [0.2, 0.25) is 0 Å². The van der Waals surface area contributed by atoms with Crippen molar-refractivity contribution in [2.75, 3.05) is 39.4 Å². The normalized spacial score (nSPS) is 26.7. The zero-order valence-corrected chi connectivity index (χ0v) is 20.1. The third kappa shape index (κ3) is 9.85. The molecule has 4 atom stereocenters. The monoisotopic (exact) mass is 466 g/mol. The van der Waals surface area contributed by atoms with Gasteiger partial charge < -0.3 is 29.5 Å². The number of piperidine rings is 2. The first-order chi connectivity index (χ1) is 14.7. The van der Waals surface area contributed by atoms with Crippen LogP contribution in [0.3, 0.4) is 0 Å². The summed E-state index contributed by atoms with van der Waals surface area (Å²) in [6.45, 7) is 11.4. The topological polar surface area (TPSA) is 99.5 Å². The molecule has 2 amide bonds. The Morgan fingerprint density at radius 3 is 1.34 bits per heavy atom. The molecule has 0 aromatic heterocycles. The number of alkyl halides is 2. The van der Waals surface area contributed by atoms with Crippen LogP contribution in [-0.2, 0) is 9.47 Å². The number of aliphatic hydroxyl groups excluding tert-OH is 2. The molecule has 0 bridgehead atoms. The van der Waals surface area contributed by atoms with Crippen LogP contribution in [0.5, 0.6) is 0 Å². The predicted molar refractivity (Wildman–Crippen MR) is 116 cm³/mol. The maximum absolute atomic E-state index is 13.3. The van der Waals surface area contributed by atoms with Crippen molar-refractivity contribution in [3.63, 3.8) is 0 Å². The predicted octanol–water partition coefficient (Wildman–Crippen LogP) is 3.15. The van der Waals surface area contributed by atoms with Crippen LogP contribution in [0.15, 0.2) is 0 Å². The second-order valence-corrected chi connectivity index (χ2v) is 10.3. The lowest BCUT2D eigenvalue weighted by atomic mass is 9.97. The summed E-state index contributed by atoms with van der Waals surface area (Å²) in [6.07, 6.45) is -2.38. The highest BCUT2D eigenvalue weighted by atomic mass is 19.1. The smallest absolute Gasteiger partial charge is 0.410 e. The van der Waals surface area contributed by atoms with Gasteiger partial charge in [0.25, 0.3) is 0 Å². The van der Waals surface area contributed by atoms with Crippen LogP contribution < -0.4 is 0 Å². The van der Waals surface area contributed by atoms with E-state index in [1.807, 2.05) is 0 Å². The van der Waals surface area contributed by atoms with Crippen LogP contribution >= 0.6 is 0 Å². The summed E-state index contributed by atoms with van der Waals surface area (Å²) in [4.78, 5) is 26.3. The van der Waals surface area contributed by atoms with Crippen molar-refractivity contribution in [1.82, 2.24) is 9.80 Å². The number of ether oxygens (including phenoxy) is 2. The molecular weight excluding hydrogens is 426 g/mol. The van der Waals surface area contributed by atoms with Crippen molar-refractivity contribution in [1.29, 1.82) is 0 Å². The SMILES string of the molecule is CC(C)(C)OC(=O)N1CC[C@@H](F)[C@@H](CO)C1.CC(C)(C)OC(=O)N1CC[C@H](F)[C@H](CO)C1. The molecule has 2 heterocycles. The lowest BCUT2D eigenvalue weighted by Crippen LogP contribution is -2.47. The Labute approximate surface area is 189 Å². The number of hydrogen-bond donors (Lipinski definition) is 2. The minimum atomic E-state index is -1.02. The van der Waals surface area contributed by atoms with E-state index in [1.54, 1.807) is 41.5 Å². The number of halogens is 2. The van der Waals surface area contributed by atoms with Gasteiger partial charge in [0.15, 0.2) is 0 Å². The van der Waals surface area contributed by atoms with Crippen LogP contribution in [-0.4, -0.2) is 95.1 Å². The summed E-state index contributed by atoms with van der Waals surface area (Å²) in [5.41, 5.74) is -1.09. The average molecular weight is 467 g/mol. The summed E-state index contributed by atoms with van der Waals surface area (Å²) >= 11 is 0. The van der Waals surface area contributed by atoms with Crippen molar-refractivity contribution in [2.24, 2.45) is 11.8 Å². The average Bonchev–Trinajstić information content (AvgIpc) is 2.66. The first kappa shape index (κ1) is 28.4. The van der Waals surface area contributed by atoms with E-state index in [0.717, 1.165) is 0 Å². The van der Waals surface area contributed by atoms with Gasteiger partial charge in [-0.3, -0.25) is 0 Å². The van der Waals surface area contributed by atoms with Gasteiger partial charge >= 0.3 is 12.2 Å². The molecule has 2 saturated heterocycles. The molecule has 0 saturated carbocycles. The Hall–Kier alpha value is -1.68. The molecule has 2 N–H and O–H groups in total. The van der Waals surface area contributed by atoms with E-state index in [2.05, 4.69) is 0 Å². The first-order valence-corrected chi connectivity index (χ1v) is 11.1. The Balaban J connectivity index is 0.000000320. The number of aliphatic hydroxyl groups is 2. The molecule has 8 nitrogen and oxygen atoms in total. The molecule has 2 aliphatic rings. The summed E-state index contributed by atoms with van der Waals surface area (Å²) in [7, 11) is 0. The van der Waals surface area contributed by atoms with Gasteiger partial charge in [-0.25, -0.2) is 18.4 Å². The van der Waals surface area contributed by atoms with Crippen molar-refractivity contribution in [3.8, 4) is 0 Å². The summed E-state index contributed by atoms with van der Waals surface area (Å²) in [5.74, 6) is -0.970. The fourth-order valence-corrected chi connectivity index (χ4v) is 3.34. The van der Waals surface area contributed by atoms with Crippen molar-refractivity contribution < 1.29 is 38.1 Å². The largest absolute Gasteiger partial charge is 0.444 e. The molecule has 0 aliphatic carbocycles. The summed E-state index contributed by atoms with van der Waals surface area (Å²) in [5, 5.41) is 17.9. The highest BCUT2D eigenvalue weighted by molar-refractivity contribution is 5.68. The fourth-order valence-electron chi connectivity index (χ4n) is 3.34. The lowest BCUT2D eigenvalue weighted by molar-refractivity contribution is -0.00188. The standard InChI is InChI=1S/2C11H20FNO3/c2*1-11(2,3)16-10(15)13-5-4-9(12)8(6-13)7-14/h2*8-9,14H,4-7H2,1-3H3/t2*8-,9-/m10/s1. The van der Waals surface area contributed by atoms with E-state index < -0.39 is 47.6 Å². The quantitative estimate of drug-likeness (QED) is 0.649. The van der Waals surface area contributed by atoms with Crippen molar-refractivity contribution in [3.05, 3.63) is 0 Å². The van der Waals surface area contributed by atoms with Gasteiger partial charge in [0.1, 0.15) is 23.5 Å². The molecule has 188 valence electrons. The van der Waals surface area contributed by atoms with E-state index in [-0.39, 0.29) is 39.1 Å². The third-order valence-electron chi connectivity index (χ3n) is 5.05. The van der Waals surface area contributed by atoms with Crippen LogP contribution in [0.25, 0.3) is 0 Å². The minimum absolute atomic E-state index is 0.229. The molecular formula is C22H40F2N2O6. The molecule has 0 spiro atoms. The van der Waals surface area contributed by atoms with Gasteiger partial charge in [0.05, 0.1) is 13.2 Å². The van der Waals surface area contributed by atoms with Gasteiger partial charge in [-0.2, -0.15) is 0 Å². The van der Waals surface area contributed by atoms with E-state index in [4.69, 9.17) is 19.7 Å². The number of hydrogen-bond acceptors (Lipinski definition) is 6. The molecule has 0 unspecified atom stereocenters. The maximum Gasteiger partial charge on any atom is 0.410 e. The number of carbonyl (C=O) groups excluding carboxylic acids is 2. The number of carbonyl (C=O) groups is 2. The zero-order valence-electron chi connectivity index (χ0n) is 20.1. The second kappa shape index (κ2) is 12.0. The molecule has 2 fully saturated rings. The Morgan fingerprint density at radius 2 is 1.09 bits per heavy atom. The van der Waals surface area contributed by atoms with E-state index in [0.29, 0.717) is 13.1 Å². The van der Waals surface area contributed by atoms with Gasteiger partial charge in [-0.15, -0.1) is 0 Å². The van der Waals surface area contributed by atoms with Crippen molar-refractivity contribution >= 4 is 12.2 Å². The van der Waals surface area contributed by atoms with Crippen LogP contribution in [0, 0.1) is 11.8 Å². The Kier molecular flexibility index (Phi) is 10.6. The van der Waals surface area contributed by atoms with Gasteiger partial charge in [0.2, 0.25) is 0 Å².